The van der Waals surface area contributed by atoms with Crippen molar-refractivity contribution < 1.29 is 4.58 Å². The zero-order valence-corrected chi connectivity index (χ0v) is 19.7. The molecule has 3 aromatic carbocycles. The summed E-state index contributed by atoms with van der Waals surface area (Å²) in [5.74, 6) is 0. The van der Waals surface area contributed by atoms with Crippen LogP contribution >= 0.6 is 0 Å². The summed E-state index contributed by atoms with van der Waals surface area (Å²) in [5.41, 5.74) is 7.98. The third-order valence-electron chi connectivity index (χ3n) is 7.16. The molecule has 32 heavy (non-hydrogen) atoms. The Balaban J connectivity index is 1.55. The first-order valence-electron chi connectivity index (χ1n) is 11.9. The molecule has 162 valence electrons. The van der Waals surface area contributed by atoms with Crippen LogP contribution in [0.5, 0.6) is 0 Å². The third kappa shape index (κ3) is 3.30. The van der Waals surface area contributed by atoms with E-state index in [9.17, 15) is 0 Å². The number of rotatable bonds is 6. The fraction of sp³-hybridized carbons (Fsp3) is 0.300. The van der Waals surface area contributed by atoms with Gasteiger partial charge in [-0.15, -0.1) is 0 Å². The van der Waals surface area contributed by atoms with E-state index in [1.54, 1.807) is 0 Å². The third-order valence-corrected chi connectivity index (χ3v) is 7.16. The number of unbranched alkanes of at least 4 members (excludes halogenated alkanes) is 2. The number of aryl methyl sites for hydroxylation is 1. The molecule has 4 aromatic rings. The average molecular weight is 422 g/mol. The Hall–Kier alpha value is -3.13. The monoisotopic (exact) mass is 421 g/mol. The lowest BCUT2D eigenvalue weighted by Gasteiger charge is -2.15. The normalized spacial score (nSPS) is 15.4. The largest absolute Gasteiger partial charge is 0.340 e. The highest BCUT2D eigenvalue weighted by Gasteiger charge is 2.42. The molecule has 0 unspecified atom stereocenters. The predicted molar refractivity (Wildman–Crippen MR) is 138 cm³/mol. The van der Waals surface area contributed by atoms with Crippen LogP contribution in [-0.2, 0) is 12.0 Å². The first-order chi connectivity index (χ1) is 15.5. The Labute approximate surface area is 191 Å². The molecule has 2 heteroatoms. The zero-order chi connectivity index (χ0) is 22.3. The van der Waals surface area contributed by atoms with E-state index >= 15 is 0 Å². The van der Waals surface area contributed by atoms with Gasteiger partial charge in [-0.25, -0.2) is 0 Å². The fourth-order valence-corrected chi connectivity index (χ4v) is 5.41. The molecule has 2 nitrogen and oxygen atoms in total. The molecule has 0 bridgehead atoms. The molecule has 0 N–H and O–H groups in total. The number of benzene rings is 3. The highest BCUT2D eigenvalue weighted by Crippen LogP contribution is 2.39. The van der Waals surface area contributed by atoms with Crippen molar-refractivity contribution >= 4 is 39.3 Å². The van der Waals surface area contributed by atoms with Crippen molar-refractivity contribution in [2.75, 3.05) is 7.05 Å². The Bertz CT molecular complexity index is 1360. The van der Waals surface area contributed by atoms with Crippen LogP contribution < -0.4 is 0 Å². The summed E-state index contributed by atoms with van der Waals surface area (Å²) in [6, 6.07) is 24.5. The minimum Gasteiger partial charge on any atom is -0.340 e. The highest BCUT2D eigenvalue weighted by molar-refractivity contribution is 6.09. The van der Waals surface area contributed by atoms with E-state index in [-0.39, 0.29) is 5.41 Å². The van der Waals surface area contributed by atoms with E-state index in [4.69, 9.17) is 0 Å². The molecule has 5 rings (SSSR count). The molecule has 0 spiro atoms. The van der Waals surface area contributed by atoms with Crippen molar-refractivity contribution in [1.82, 2.24) is 4.57 Å². The van der Waals surface area contributed by atoms with Crippen LogP contribution in [0, 0.1) is 0 Å². The maximum absolute atomic E-state index is 2.51. The summed E-state index contributed by atoms with van der Waals surface area (Å²) < 4.78 is 4.84. The molecule has 0 fully saturated rings. The first-order valence-corrected chi connectivity index (χ1v) is 11.9. The smallest absolute Gasteiger partial charge is 0.209 e. The van der Waals surface area contributed by atoms with Crippen LogP contribution in [0.2, 0.25) is 0 Å². The zero-order valence-electron chi connectivity index (χ0n) is 19.7. The minimum absolute atomic E-state index is 0.00124. The summed E-state index contributed by atoms with van der Waals surface area (Å²) >= 11 is 0. The average Bonchev–Trinajstić information content (AvgIpc) is 3.22. The number of fused-ring (bicyclic) bond motifs is 4. The molecule has 0 radical (unpaired) electrons. The van der Waals surface area contributed by atoms with Gasteiger partial charge in [-0.3, -0.25) is 0 Å². The van der Waals surface area contributed by atoms with Crippen molar-refractivity contribution in [1.29, 1.82) is 0 Å². The lowest BCUT2D eigenvalue weighted by atomic mass is 9.81. The molecule has 1 aliphatic rings. The van der Waals surface area contributed by atoms with Gasteiger partial charge in [-0.2, -0.15) is 4.58 Å². The number of aromatic nitrogens is 1. The Morgan fingerprint density at radius 2 is 1.59 bits per heavy atom. The summed E-state index contributed by atoms with van der Waals surface area (Å²) in [7, 11) is 2.18. The molecule has 1 aliphatic heterocycles. The standard InChI is InChI=1S/C30H33N2/c1-5-6-11-20-32-26-14-9-7-12-23(26)24-21-22(16-18-27(24)32)17-19-29-30(2,3)25-13-8-10-15-28(25)31(29)4/h7-10,12-19,21H,5-6,11,20H2,1-4H3/q+1. The van der Waals surface area contributed by atoms with Gasteiger partial charge in [0.05, 0.1) is 5.41 Å². The minimum atomic E-state index is 0.00124. The maximum Gasteiger partial charge on any atom is 0.209 e. The highest BCUT2D eigenvalue weighted by atomic mass is 15.0. The van der Waals surface area contributed by atoms with Gasteiger partial charge < -0.3 is 4.57 Å². The predicted octanol–water partition coefficient (Wildman–Crippen LogP) is 7.70. The maximum atomic E-state index is 2.51. The first kappa shape index (κ1) is 20.8. The van der Waals surface area contributed by atoms with Gasteiger partial charge in [-0.05, 0) is 50.1 Å². The second-order valence-corrected chi connectivity index (χ2v) is 9.57. The molecule has 2 heterocycles. The molecular weight excluding hydrogens is 388 g/mol. The molecular formula is C30H33N2+. The quantitative estimate of drug-likeness (QED) is 0.223. The molecule has 0 saturated heterocycles. The van der Waals surface area contributed by atoms with Gasteiger partial charge in [0.15, 0.2) is 5.71 Å². The van der Waals surface area contributed by atoms with Gasteiger partial charge in [-0.1, -0.05) is 62.2 Å². The van der Waals surface area contributed by atoms with Gasteiger partial charge in [0.25, 0.3) is 0 Å². The van der Waals surface area contributed by atoms with E-state index in [0.29, 0.717) is 0 Å². The second kappa shape index (κ2) is 8.09. The molecule has 0 saturated carbocycles. The van der Waals surface area contributed by atoms with Crippen molar-refractivity contribution in [3.05, 3.63) is 83.9 Å². The van der Waals surface area contributed by atoms with Crippen LogP contribution in [0.4, 0.5) is 5.69 Å². The Kier molecular flexibility index (Phi) is 5.25. The Morgan fingerprint density at radius 1 is 0.844 bits per heavy atom. The number of nitrogens with zero attached hydrogens (tertiary/aromatic N) is 2. The fourth-order valence-electron chi connectivity index (χ4n) is 5.41. The van der Waals surface area contributed by atoms with Crippen LogP contribution in [-0.4, -0.2) is 21.9 Å². The van der Waals surface area contributed by atoms with Crippen molar-refractivity contribution in [2.24, 2.45) is 0 Å². The number of para-hydroxylation sites is 2. The number of hydrogen-bond donors (Lipinski definition) is 0. The van der Waals surface area contributed by atoms with Crippen LogP contribution in [0.15, 0.2) is 72.8 Å². The van der Waals surface area contributed by atoms with Crippen molar-refractivity contribution in [3.63, 3.8) is 0 Å². The number of allylic oxidation sites excluding steroid dienone is 1. The van der Waals surface area contributed by atoms with E-state index in [0.717, 1.165) is 6.54 Å². The summed E-state index contributed by atoms with van der Waals surface area (Å²) in [4.78, 5) is 0. The lowest BCUT2D eigenvalue weighted by Crippen LogP contribution is -2.26. The summed E-state index contributed by atoms with van der Waals surface area (Å²) in [6.45, 7) is 8.00. The van der Waals surface area contributed by atoms with Crippen molar-refractivity contribution in [3.8, 4) is 0 Å². The topological polar surface area (TPSA) is 7.94 Å². The summed E-state index contributed by atoms with van der Waals surface area (Å²) in [6.07, 6.45) is 8.34. The van der Waals surface area contributed by atoms with E-state index < -0.39 is 0 Å². The molecule has 0 atom stereocenters. The Morgan fingerprint density at radius 3 is 2.41 bits per heavy atom. The molecule has 1 aromatic heterocycles. The van der Waals surface area contributed by atoms with Gasteiger partial charge in [0.2, 0.25) is 5.69 Å². The SMILES string of the molecule is CCCCCn1c2ccccc2c2cc(/C=C/C3=[N+](C)c4ccccc4C3(C)C)ccc21. The van der Waals surface area contributed by atoms with E-state index in [2.05, 4.69) is 116 Å². The van der Waals surface area contributed by atoms with Gasteiger partial charge in [0.1, 0.15) is 7.05 Å². The van der Waals surface area contributed by atoms with E-state index in [1.807, 2.05) is 0 Å². The molecule has 0 aliphatic carbocycles. The number of hydrogen-bond acceptors (Lipinski definition) is 0. The summed E-state index contributed by atoms with van der Waals surface area (Å²) in [5, 5.41) is 2.71. The van der Waals surface area contributed by atoms with Gasteiger partial charge >= 0.3 is 0 Å². The van der Waals surface area contributed by atoms with Crippen molar-refractivity contribution in [2.45, 2.75) is 52.0 Å². The lowest BCUT2D eigenvalue weighted by molar-refractivity contribution is -0.401. The van der Waals surface area contributed by atoms with Crippen LogP contribution in [0.3, 0.4) is 0 Å². The van der Waals surface area contributed by atoms with Crippen LogP contribution in [0.1, 0.15) is 51.2 Å². The van der Waals surface area contributed by atoms with E-state index in [1.165, 1.54) is 63.6 Å². The van der Waals surface area contributed by atoms with Gasteiger partial charge in [0, 0.05) is 46.1 Å². The van der Waals surface area contributed by atoms with Crippen LogP contribution in [0.25, 0.3) is 27.9 Å². The molecule has 0 amide bonds. The second-order valence-electron chi connectivity index (χ2n) is 9.57.